The van der Waals surface area contributed by atoms with Crippen molar-refractivity contribution in [2.75, 3.05) is 7.11 Å². The predicted octanol–water partition coefficient (Wildman–Crippen LogP) is 1.27. The van der Waals surface area contributed by atoms with Crippen LogP contribution in [0.5, 0.6) is 5.75 Å². The van der Waals surface area contributed by atoms with Gasteiger partial charge in [-0.2, -0.15) is 5.26 Å². The van der Waals surface area contributed by atoms with Crippen molar-refractivity contribution in [3.8, 4) is 11.8 Å². The highest BCUT2D eigenvalue weighted by Crippen LogP contribution is 2.24. The molecule has 0 radical (unpaired) electrons. The molecule has 0 aliphatic carbocycles. The van der Waals surface area contributed by atoms with Gasteiger partial charge < -0.3 is 10.5 Å². The monoisotopic (exact) mass is 302 g/mol. The van der Waals surface area contributed by atoms with Gasteiger partial charge in [0.25, 0.3) is 0 Å². The first-order valence-corrected chi connectivity index (χ1v) is 4.75. The summed E-state index contributed by atoms with van der Waals surface area (Å²) in [6.45, 7) is 0. The lowest BCUT2D eigenvalue weighted by atomic mass is 10.1. The molecule has 0 bridgehead atoms. The Hall–Kier alpha value is -1.29. The Labute approximate surface area is 94.8 Å². The van der Waals surface area contributed by atoms with Gasteiger partial charge in [-0.3, -0.25) is 4.79 Å². The average Bonchev–Trinajstić information content (AvgIpc) is 2.16. The van der Waals surface area contributed by atoms with Crippen LogP contribution in [0.3, 0.4) is 0 Å². The number of halogens is 1. The first-order chi connectivity index (χ1) is 6.60. The van der Waals surface area contributed by atoms with Crippen molar-refractivity contribution in [1.82, 2.24) is 0 Å². The first kappa shape index (κ1) is 10.8. The van der Waals surface area contributed by atoms with E-state index < -0.39 is 5.91 Å². The fourth-order valence-electron chi connectivity index (χ4n) is 1.05. The molecule has 0 aromatic heterocycles. The summed E-state index contributed by atoms with van der Waals surface area (Å²) >= 11 is 2.02. The minimum absolute atomic E-state index is 0.181. The van der Waals surface area contributed by atoms with Crippen LogP contribution in [0.2, 0.25) is 0 Å². The van der Waals surface area contributed by atoms with Crippen molar-refractivity contribution in [2.24, 2.45) is 5.73 Å². The first-order valence-electron chi connectivity index (χ1n) is 3.67. The van der Waals surface area contributed by atoms with Gasteiger partial charge in [0.2, 0.25) is 5.91 Å². The molecule has 2 N–H and O–H groups in total. The van der Waals surface area contributed by atoms with Gasteiger partial charge in [0.15, 0.2) is 0 Å². The second-order valence-electron chi connectivity index (χ2n) is 2.51. The second kappa shape index (κ2) is 4.28. The van der Waals surface area contributed by atoms with Gasteiger partial charge in [0.1, 0.15) is 17.4 Å². The highest BCUT2D eigenvalue weighted by atomic mass is 127. The molecular weight excluding hydrogens is 295 g/mol. The standard InChI is InChI=1S/C9H7IN2O2/c1-14-8-3-5(10)2-6(9(12)13)7(8)4-11/h2-3H,1H3,(H2,12,13). The molecule has 1 aromatic rings. The highest BCUT2D eigenvalue weighted by molar-refractivity contribution is 14.1. The van der Waals surface area contributed by atoms with E-state index in [-0.39, 0.29) is 11.1 Å². The van der Waals surface area contributed by atoms with Crippen LogP contribution in [0, 0.1) is 14.9 Å². The van der Waals surface area contributed by atoms with Crippen molar-refractivity contribution in [1.29, 1.82) is 5.26 Å². The van der Waals surface area contributed by atoms with Crippen LogP contribution >= 0.6 is 22.6 Å². The van der Waals surface area contributed by atoms with Gasteiger partial charge in [-0.25, -0.2) is 0 Å². The summed E-state index contributed by atoms with van der Waals surface area (Å²) in [7, 11) is 1.44. The third-order valence-corrected chi connectivity index (χ3v) is 2.29. The van der Waals surface area contributed by atoms with E-state index >= 15 is 0 Å². The lowest BCUT2D eigenvalue weighted by Crippen LogP contribution is -2.13. The molecule has 1 amide bonds. The maximum atomic E-state index is 11.0. The van der Waals surface area contributed by atoms with E-state index in [0.29, 0.717) is 5.75 Å². The lowest BCUT2D eigenvalue weighted by Gasteiger charge is -2.06. The Morgan fingerprint density at radius 1 is 1.64 bits per heavy atom. The minimum Gasteiger partial charge on any atom is -0.495 e. The number of nitrogens with two attached hydrogens (primary N) is 1. The van der Waals surface area contributed by atoms with Crippen molar-refractivity contribution in [2.45, 2.75) is 0 Å². The molecule has 4 nitrogen and oxygen atoms in total. The van der Waals surface area contributed by atoms with E-state index in [1.165, 1.54) is 7.11 Å². The lowest BCUT2D eigenvalue weighted by molar-refractivity contribution is 0.0999. The summed E-state index contributed by atoms with van der Waals surface area (Å²) in [5, 5.41) is 8.83. The van der Waals surface area contributed by atoms with Gasteiger partial charge in [0, 0.05) is 3.57 Å². The van der Waals surface area contributed by atoms with Crippen LogP contribution in [-0.4, -0.2) is 13.0 Å². The van der Waals surface area contributed by atoms with Crippen LogP contribution in [0.25, 0.3) is 0 Å². The van der Waals surface area contributed by atoms with E-state index in [9.17, 15) is 4.79 Å². The minimum atomic E-state index is -0.627. The zero-order chi connectivity index (χ0) is 10.7. The molecule has 1 aromatic carbocycles. The summed E-state index contributed by atoms with van der Waals surface area (Å²) in [6, 6.07) is 5.13. The number of nitriles is 1. The molecule has 14 heavy (non-hydrogen) atoms. The molecule has 5 heteroatoms. The van der Waals surface area contributed by atoms with Gasteiger partial charge in [-0.05, 0) is 34.7 Å². The number of rotatable bonds is 2. The Morgan fingerprint density at radius 3 is 2.71 bits per heavy atom. The van der Waals surface area contributed by atoms with E-state index in [1.54, 1.807) is 12.1 Å². The molecule has 0 saturated heterocycles. The van der Waals surface area contributed by atoms with Crippen molar-refractivity contribution in [3.63, 3.8) is 0 Å². The van der Waals surface area contributed by atoms with Gasteiger partial charge >= 0.3 is 0 Å². The topological polar surface area (TPSA) is 76.1 Å². The quantitative estimate of drug-likeness (QED) is 0.836. The highest BCUT2D eigenvalue weighted by Gasteiger charge is 2.14. The number of hydrogen-bond donors (Lipinski definition) is 1. The average molecular weight is 302 g/mol. The number of carbonyl (C=O) groups is 1. The zero-order valence-electron chi connectivity index (χ0n) is 7.37. The molecule has 0 atom stereocenters. The summed E-state index contributed by atoms with van der Waals surface area (Å²) < 4.78 is 5.77. The normalized spacial score (nSPS) is 9.21. The van der Waals surface area contributed by atoms with E-state index in [4.69, 9.17) is 15.7 Å². The molecule has 72 valence electrons. The van der Waals surface area contributed by atoms with E-state index in [1.807, 2.05) is 28.7 Å². The maximum Gasteiger partial charge on any atom is 0.250 e. The molecule has 0 fully saturated rings. The Balaban J connectivity index is 3.49. The molecule has 1 rings (SSSR count). The second-order valence-corrected chi connectivity index (χ2v) is 3.75. The SMILES string of the molecule is COc1cc(I)cc(C(N)=O)c1C#N. The number of primary amides is 1. The van der Waals surface area contributed by atoms with Crippen LogP contribution in [0.1, 0.15) is 15.9 Å². The number of ether oxygens (including phenoxy) is 1. The third kappa shape index (κ3) is 1.96. The smallest absolute Gasteiger partial charge is 0.250 e. The Kier molecular flexibility index (Phi) is 3.30. The largest absolute Gasteiger partial charge is 0.495 e. The molecule has 0 aliphatic rings. The van der Waals surface area contributed by atoms with Crippen LogP contribution in [0.4, 0.5) is 0 Å². The zero-order valence-corrected chi connectivity index (χ0v) is 9.53. The number of amides is 1. The van der Waals surface area contributed by atoms with Crippen molar-refractivity contribution >= 4 is 28.5 Å². The Bertz CT molecular complexity index is 424. The predicted molar refractivity (Wildman–Crippen MR) is 58.9 cm³/mol. The molecule has 0 unspecified atom stereocenters. The van der Waals surface area contributed by atoms with E-state index in [2.05, 4.69) is 0 Å². The number of benzene rings is 1. The van der Waals surface area contributed by atoms with Gasteiger partial charge in [-0.15, -0.1) is 0 Å². The molecule has 0 saturated carbocycles. The van der Waals surface area contributed by atoms with Gasteiger partial charge in [-0.1, -0.05) is 0 Å². The molecular formula is C9H7IN2O2. The maximum absolute atomic E-state index is 11.0. The van der Waals surface area contributed by atoms with Crippen LogP contribution < -0.4 is 10.5 Å². The number of methoxy groups -OCH3 is 1. The third-order valence-electron chi connectivity index (χ3n) is 1.66. The van der Waals surface area contributed by atoms with Crippen LogP contribution in [-0.2, 0) is 0 Å². The number of nitrogens with zero attached hydrogens (tertiary/aromatic N) is 1. The van der Waals surface area contributed by atoms with Crippen molar-refractivity contribution < 1.29 is 9.53 Å². The molecule has 0 aliphatic heterocycles. The number of carbonyl (C=O) groups excluding carboxylic acids is 1. The van der Waals surface area contributed by atoms with Crippen LogP contribution in [0.15, 0.2) is 12.1 Å². The molecule has 0 spiro atoms. The Morgan fingerprint density at radius 2 is 2.29 bits per heavy atom. The summed E-state index contributed by atoms with van der Waals surface area (Å²) in [4.78, 5) is 11.0. The van der Waals surface area contributed by atoms with Crippen molar-refractivity contribution in [3.05, 3.63) is 26.8 Å². The fourth-order valence-corrected chi connectivity index (χ4v) is 1.65. The van der Waals surface area contributed by atoms with Gasteiger partial charge in [0.05, 0.1) is 12.7 Å². The molecule has 0 heterocycles. The van der Waals surface area contributed by atoms with E-state index in [0.717, 1.165) is 3.57 Å². The summed E-state index contributed by atoms with van der Waals surface area (Å²) in [5.41, 5.74) is 5.51. The fraction of sp³-hybridized carbons (Fsp3) is 0.111. The summed E-state index contributed by atoms with van der Waals surface area (Å²) in [6.07, 6.45) is 0. The summed E-state index contributed by atoms with van der Waals surface area (Å²) in [5.74, 6) is -0.258. The number of hydrogen-bond acceptors (Lipinski definition) is 3.